The summed E-state index contributed by atoms with van der Waals surface area (Å²) in [5.41, 5.74) is -0.936. The van der Waals surface area contributed by atoms with E-state index in [4.69, 9.17) is 0 Å². The molecular formula is C10H6BrF4N. The summed E-state index contributed by atoms with van der Waals surface area (Å²) in [7, 11) is 1.19. The first-order valence-electron chi connectivity index (χ1n) is 4.33. The van der Waals surface area contributed by atoms with Gasteiger partial charge in [0.2, 0.25) is 0 Å². The Balaban J connectivity index is 2.94. The van der Waals surface area contributed by atoms with Crippen LogP contribution in [0.1, 0.15) is 5.69 Å². The third-order valence-corrected chi connectivity index (χ3v) is 3.17. The van der Waals surface area contributed by atoms with Crippen LogP contribution < -0.4 is 0 Å². The van der Waals surface area contributed by atoms with Gasteiger partial charge in [-0.1, -0.05) is 12.1 Å². The molecule has 0 radical (unpaired) electrons. The third kappa shape index (κ3) is 1.52. The normalized spacial score (nSPS) is 12.4. The SMILES string of the molecule is Cn1c(C(F)(F)F)c(Br)c2cccc(F)c21. The highest BCUT2D eigenvalue weighted by atomic mass is 79.9. The van der Waals surface area contributed by atoms with Crippen molar-refractivity contribution in [3.8, 4) is 0 Å². The molecule has 2 rings (SSSR count). The molecule has 1 aromatic heterocycles. The summed E-state index contributed by atoms with van der Waals surface area (Å²) >= 11 is 2.87. The van der Waals surface area contributed by atoms with Gasteiger partial charge in [0.1, 0.15) is 11.5 Å². The molecule has 0 unspecified atom stereocenters. The van der Waals surface area contributed by atoms with Crippen LogP contribution in [-0.4, -0.2) is 4.57 Å². The van der Waals surface area contributed by atoms with E-state index in [0.29, 0.717) is 0 Å². The number of nitrogens with zero attached hydrogens (tertiary/aromatic N) is 1. The van der Waals surface area contributed by atoms with Crippen molar-refractivity contribution in [3.05, 3.63) is 34.2 Å². The van der Waals surface area contributed by atoms with E-state index in [1.54, 1.807) is 0 Å². The van der Waals surface area contributed by atoms with E-state index in [0.717, 1.165) is 10.6 Å². The van der Waals surface area contributed by atoms with Gasteiger partial charge in [-0.05, 0) is 22.0 Å². The molecule has 0 aliphatic carbocycles. The molecule has 1 heterocycles. The molecule has 0 fully saturated rings. The summed E-state index contributed by atoms with van der Waals surface area (Å²) in [5, 5.41) is 0.217. The summed E-state index contributed by atoms with van der Waals surface area (Å²) in [6.07, 6.45) is -4.51. The van der Waals surface area contributed by atoms with Gasteiger partial charge < -0.3 is 4.57 Å². The van der Waals surface area contributed by atoms with E-state index < -0.39 is 17.7 Å². The van der Waals surface area contributed by atoms with Crippen molar-refractivity contribution >= 4 is 26.8 Å². The second kappa shape index (κ2) is 3.48. The fourth-order valence-electron chi connectivity index (χ4n) is 1.73. The van der Waals surface area contributed by atoms with Gasteiger partial charge in [-0.3, -0.25) is 0 Å². The number of benzene rings is 1. The van der Waals surface area contributed by atoms with Crippen LogP contribution in [0.4, 0.5) is 17.6 Å². The average Bonchev–Trinajstić information content (AvgIpc) is 2.39. The number of fused-ring (bicyclic) bond motifs is 1. The van der Waals surface area contributed by atoms with Gasteiger partial charge in [-0.25, -0.2) is 4.39 Å². The van der Waals surface area contributed by atoms with Crippen LogP contribution in [0.3, 0.4) is 0 Å². The van der Waals surface area contributed by atoms with Crippen LogP contribution in [0.25, 0.3) is 10.9 Å². The molecule has 0 amide bonds. The predicted molar refractivity (Wildman–Crippen MR) is 55.6 cm³/mol. The fourth-order valence-corrected chi connectivity index (χ4v) is 2.55. The molecule has 86 valence electrons. The van der Waals surface area contributed by atoms with Crippen LogP contribution in [0.5, 0.6) is 0 Å². The van der Waals surface area contributed by atoms with E-state index in [-0.39, 0.29) is 15.4 Å². The zero-order valence-electron chi connectivity index (χ0n) is 8.07. The first-order chi connectivity index (χ1) is 7.34. The predicted octanol–water partition coefficient (Wildman–Crippen LogP) is 4.10. The van der Waals surface area contributed by atoms with Crippen molar-refractivity contribution < 1.29 is 17.6 Å². The van der Waals surface area contributed by atoms with E-state index in [1.807, 2.05) is 0 Å². The maximum atomic E-state index is 13.4. The van der Waals surface area contributed by atoms with Crippen LogP contribution in [0.15, 0.2) is 22.7 Å². The van der Waals surface area contributed by atoms with Crippen molar-refractivity contribution in [3.63, 3.8) is 0 Å². The van der Waals surface area contributed by atoms with E-state index in [1.165, 1.54) is 19.2 Å². The standard InChI is InChI=1S/C10H6BrF4N/c1-16-8-5(3-2-4-6(8)12)7(11)9(16)10(13,14)15/h2-4H,1H3. The summed E-state index contributed by atoms with van der Waals surface area (Å²) in [4.78, 5) is 0. The summed E-state index contributed by atoms with van der Waals surface area (Å²) in [6.45, 7) is 0. The highest BCUT2D eigenvalue weighted by Gasteiger charge is 2.38. The molecule has 0 aliphatic rings. The Kier molecular flexibility index (Phi) is 2.49. The largest absolute Gasteiger partial charge is 0.432 e. The van der Waals surface area contributed by atoms with Gasteiger partial charge in [0.15, 0.2) is 0 Å². The Labute approximate surface area is 96.8 Å². The lowest BCUT2D eigenvalue weighted by atomic mass is 10.2. The van der Waals surface area contributed by atoms with Crippen LogP contribution in [0.2, 0.25) is 0 Å². The third-order valence-electron chi connectivity index (χ3n) is 2.37. The second-order valence-corrected chi connectivity index (χ2v) is 4.15. The monoisotopic (exact) mass is 295 g/mol. The Bertz CT molecular complexity index is 556. The lowest BCUT2D eigenvalue weighted by Crippen LogP contribution is -2.11. The molecule has 1 aromatic carbocycles. The van der Waals surface area contributed by atoms with Gasteiger partial charge in [0, 0.05) is 12.4 Å². The van der Waals surface area contributed by atoms with Crippen molar-refractivity contribution in [2.24, 2.45) is 7.05 Å². The highest BCUT2D eigenvalue weighted by Crippen LogP contribution is 2.41. The first kappa shape index (κ1) is 11.4. The number of rotatable bonds is 0. The van der Waals surface area contributed by atoms with Crippen LogP contribution >= 0.6 is 15.9 Å². The maximum absolute atomic E-state index is 13.4. The van der Waals surface area contributed by atoms with Gasteiger partial charge >= 0.3 is 6.18 Å². The number of alkyl halides is 3. The Hall–Kier alpha value is -1.04. The molecule has 0 aliphatic heterocycles. The minimum Gasteiger partial charge on any atom is -0.337 e. The Morgan fingerprint density at radius 2 is 1.88 bits per heavy atom. The molecule has 0 N–H and O–H groups in total. The topological polar surface area (TPSA) is 4.93 Å². The molecule has 0 saturated heterocycles. The smallest absolute Gasteiger partial charge is 0.337 e. The van der Waals surface area contributed by atoms with Gasteiger partial charge in [0.25, 0.3) is 0 Å². The van der Waals surface area contributed by atoms with Gasteiger partial charge in [0.05, 0.1) is 9.99 Å². The number of aromatic nitrogens is 1. The van der Waals surface area contributed by atoms with Crippen LogP contribution in [-0.2, 0) is 13.2 Å². The minimum absolute atomic E-state index is 0.0540. The van der Waals surface area contributed by atoms with E-state index >= 15 is 0 Å². The van der Waals surface area contributed by atoms with E-state index in [9.17, 15) is 17.6 Å². The molecule has 0 bridgehead atoms. The molecule has 16 heavy (non-hydrogen) atoms. The van der Waals surface area contributed by atoms with Crippen molar-refractivity contribution in [1.82, 2.24) is 4.57 Å². The zero-order chi connectivity index (χ0) is 12.1. The molecule has 0 atom stereocenters. The lowest BCUT2D eigenvalue weighted by molar-refractivity contribution is -0.143. The summed E-state index contributed by atoms with van der Waals surface area (Å²) in [6, 6.07) is 3.95. The molecule has 0 spiro atoms. The Morgan fingerprint density at radius 1 is 1.25 bits per heavy atom. The van der Waals surface area contributed by atoms with Gasteiger partial charge in [-0.2, -0.15) is 13.2 Å². The number of hydrogen-bond acceptors (Lipinski definition) is 0. The van der Waals surface area contributed by atoms with Crippen molar-refractivity contribution in [1.29, 1.82) is 0 Å². The second-order valence-electron chi connectivity index (χ2n) is 3.36. The van der Waals surface area contributed by atoms with E-state index in [2.05, 4.69) is 15.9 Å². The van der Waals surface area contributed by atoms with Gasteiger partial charge in [-0.15, -0.1) is 0 Å². The van der Waals surface area contributed by atoms with Crippen LogP contribution in [0, 0.1) is 5.82 Å². The molecule has 1 nitrogen and oxygen atoms in total. The number of para-hydroxylation sites is 1. The fraction of sp³-hybridized carbons (Fsp3) is 0.200. The zero-order valence-corrected chi connectivity index (χ0v) is 9.66. The highest BCUT2D eigenvalue weighted by molar-refractivity contribution is 9.10. The molecule has 6 heteroatoms. The lowest BCUT2D eigenvalue weighted by Gasteiger charge is -2.08. The average molecular weight is 296 g/mol. The Morgan fingerprint density at radius 3 is 2.38 bits per heavy atom. The first-order valence-corrected chi connectivity index (χ1v) is 5.13. The molecule has 2 aromatic rings. The summed E-state index contributed by atoms with van der Waals surface area (Å²) in [5.74, 6) is -0.670. The maximum Gasteiger partial charge on any atom is 0.432 e. The molecule has 0 saturated carbocycles. The van der Waals surface area contributed by atoms with Crippen molar-refractivity contribution in [2.75, 3.05) is 0 Å². The van der Waals surface area contributed by atoms with Crippen molar-refractivity contribution in [2.45, 2.75) is 6.18 Å². The summed E-state index contributed by atoms with van der Waals surface area (Å²) < 4.78 is 52.2. The number of halogens is 5. The minimum atomic E-state index is -4.51. The quantitative estimate of drug-likeness (QED) is 0.645. The number of hydrogen-bond donors (Lipinski definition) is 0. The number of aryl methyl sites for hydroxylation is 1. The molecular weight excluding hydrogens is 290 g/mol.